The molecule has 1 aliphatic carbocycles. The summed E-state index contributed by atoms with van der Waals surface area (Å²) in [5.74, 6) is 0.709. The average molecular weight is 365 g/mol. The topological polar surface area (TPSA) is 40.6 Å². The summed E-state index contributed by atoms with van der Waals surface area (Å²) in [5.41, 5.74) is 2.20. The van der Waals surface area contributed by atoms with Crippen molar-refractivity contribution >= 4 is 27.7 Å². The van der Waals surface area contributed by atoms with Gasteiger partial charge in [0.25, 0.3) is 0 Å². The molecule has 3 rings (SSSR count). The van der Waals surface area contributed by atoms with E-state index in [9.17, 15) is 9.59 Å². The van der Waals surface area contributed by atoms with Crippen LogP contribution in [0.1, 0.15) is 24.0 Å². The highest BCUT2D eigenvalue weighted by atomic mass is 79.9. The predicted molar refractivity (Wildman–Crippen MR) is 88.5 cm³/mol. The van der Waals surface area contributed by atoms with Gasteiger partial charge in [-0.15, -0.1) is 0 Å². The van der Waals surface area contributed by atoms with Gasteiger partial charge in [0.05, 0.1) is 6.42 Å². The molecule has 4 nitrogen and oxygen atoms in total. The lowest BCUT2D eigenvalue weighted by atomic mass is 10.1. The molecule has 1 aliphatic heterocycles. The Balaban J connectivity index is 1.55. The van der Waals surface area contributed by atoms with Gasteiger partial charge in [-0.1, -0.05) is 22.0 Å². The zero-order valence-corrected chi connectivity index (χ0v) is 14.4. The van der Waals surface area contributed by atoms with E-state index in [0.717, 1.165) is 28.4 Å². The molecule has 5 heteroatoms. The third-order valence-corrected chi connectivity index (χ3v) is 5.02. The van der Waals surface area contributed by atoms with Gasteiger partial charge in [0.2, 0.25) is 11.8 Å². The van der Waals surface area contributed by atoms with E-state index < -0.39 is 0 Å². The van der Waals surface area contributed by atoms with Crippen LogP contribution in [0.2, 0.25) is 0 Å². The lowest BCUT2D eigenvalue weighted by Gasteiger charge is -2.35. The number of hydrogen-bond donors (Lipinski definition) is 0. The number of rotatable bonds is 3. The number of piperazine rings is 1. The molecule has 0 atom stereocenters. The third kappa shape index (κ3) is 3.51. The zero-order chi connectivity index (χ0) is 15.7. The molecule has 2 fully saturated rings. The van der Waals surface area contributed by atoms with Crippen molar-refractivity contribution in [2.75, 3.05) is 26.2 Å². The van der Waals surface area contributed by atoms with E-state index in [0.29, 0.717) is 32.6 Å². The number of amides is 2. The minimum Gasteiger partial charge on any atom is -0.339 e. The second-order valence-electron chi connectivity index (χ2n) is 6.23. The fourth-order valence-electron chi connectivity index (χ4n) is 2.87. The fourth-order valence-corrected chi connectivity index (χ4v) is 3.28. The Hall–Kier alpha value is -1.36. The molecule has 0 N–H and O–H groups in total. The summed E-state index contributed by atoms with van der Waals surface area (Å²) in [4.78, 5) is 28.3. The first-order valence-corrected chi connectivity index (χ1v) is 8.65. The van der Waals surface area contributed by atoms with Gasteiger partial charge >= 0.3 is 0 Å². The average Bonchev–Trinajstić information content (AvgIpc) is 3.35. The van der Waals surface area contributed by atoms with E-state index in [-0.39, 0.29) is 17.7 Å². The Morgan fingerprint density at radius 3 is 2.41 bits per heavy atom. The first-order valence-electron chi connectivity index (χ1n) is 7.86. The monoisotopic (exact) mass is 364 g/mol. The van der Waals surface area contributed by atoms with Gasteiger partial charge in [0.15, 0.2) is 0 Å². The lowest BCUT2D eigenvalue weighted by Crippen LogP contribution is -2.51. The smallest absolute Gasteiger partial charge is 0.227 e. The van der Waals surface area contributed by atoms with E-state index in [2.05, 4.69) is 15.9 Å². The van der Waals surface area contributed by atoms with E-state index in [1.807, 2.05) is 34.9 Å². The van der Waals surface area contributed by atoms with E-state index in [4.69, 9.17) is 0 Å². The number of benzene rings is 1. The SMILES string of the molecule is Cc1ccc(Br)cc1CC(=O)N1CCN(C(=O)C2CC2)CC1. The first kappa shape index (κ1) is 15.5. The van der Waals surface area contributed by atoms with Crippen LogP contribution in [-0.2, 0) is 16.0 Å². The van der Waals surface area contributed by atoms with Crippen molar-refractivity contribution in [2.24, 2.45) is 5.92 Å². The molecular formula is C17H21BrN2O2. The van der Waals surface area contributed by atoms with Crippen molar-refractivity contribution in [1.29, 1.82) is 0 Å². The van der Waals surface area contributed by atoms with Crippen LogP contribution in [0.3, 0.4) is 0 Å². The molecule has 0 bridgehead atoms. The summed E-state index contributed by atoms with van der Waals surface area (Å²) in [6.07, 6.45) is 2.52. The van der Waals surface area contributed by atoms with Crippen LogP contribution in [-0.4, -0.2) is 47.8 Å². The van der Waals surface area contributed by atoms with Crippen molar-refractivity contribution < 1.29 is 9.59 Å². The fraction of sp³-hybridized carbons (Fsp3) is 0.529. The molecule has 22 heavy (non-hydrogen) atoms. The Kier molecular flexibility index (Phi) is 4.52. The normalized spacial score (nSPS) is 18.5. The molecule has 2 aliphatic rings. The zero-order valence-electron chi connectivity index (χ0n) is 12.8. The molecule has 1 aromatic carbocycles. The standard InChI is InChI=1S/C17H21BrN2O2/c1-12-2-5-15(18)10-14(12)11-16(21)19-6-8-20(9-7-19)17(22)13-3-4-13/h2,5,10,13H,3-4,6-9,11H2,1H3. The summed E-state index contributed by atoms with van der Waals surface area (Å²) in [7, 11) is 0. The molecule has 118 valence electrons. The van der Waals surface area contributed by atoms with E-state index in [1.165, 1.54) is 0 Å². The highest BCUT2D eigenvalue weighted by Gasteiger charge is 2.35. The van der Waals surface area contributed by atoms with Crippen LogP contribution in [0.25, 0.3) is 0 Å². The molecule has 1 saturated heterocycles. The number of carbonyl (C=O) groups excluding carboxylic acids is 2. The van der Waals surface area contributed by atoms with Crippen LogP contribution in [0.15, 0.2) is 22.7 Å². The van der Waals surface area contributed by atoms with Gasteiger partial charge in [-0.05, 0) is 43.0 Å². The molecular weight excluding hydrogens is 344 g/mol. The summed E-state index contributed by atoms with van der Waals surface area (Å²) in [5, 5.41) is 0. The van der Waals surface area contributed by atoms with Crippen LogP contribution >= 0.6 is 15.9 Å². The van der Waals surface area contributed by atoms with Gasteiger partial charge in [0.1, 0.15) is 0 Å². The minimum absolute atomic E-state index is 0.153. The highest BCUT2D eigenvalue weighted by molar-refractivity contribution is 9.10. The van der Waals surface area contributed by atoms with E-state index >= 15 is 0 Å². The van der Waals surface area contributed by atoms with Crippen LogP contribution in [0.4, 0.5) is 0 Å². The summed E-state index contributed by atoms with van der Waals surface area (Å²) in [6.45, 7) is 4.70. The van der Waals surface area contributed by atoms with Crippen LogP contribution in [0.5, 0.6) is 0 Å². The Morgan fingerprint density at radius 2 is 1.77 bits per heavy atom. The van der Waals surface area contributed by atoms with Crippen LogP contribution < -0.4 is 0 Å². The predicted octanol–water partition coefficient (Wildman–Crippen LogP) is 2.38. The van der Waals surface area contributed by atoms with Crippen molar-refractivity contribution in [3.63, 3.8) is 0 Å². The highest BCUT2D eigenvalue weighted by Crippen LogP contribution is 2.31. The minimum atomic E-state index is 0.153. The maximum absolute atomic E-state index is 12.5. The second kappa shape index (κ2) is 6.41. The molecule has 1 saturated carbocycles. The molecule has 1 heterocycles. The molecule has 0 unspecified atom stereocenters. The van der Waals surface area contributed by atoms with Gasteiger partial charge in [0, 0.05) is 36.6 Å². The molecule has 1 aromatic rings. The number of nitrogens with zero attached hydrogens (tertiary/aromatic N) is 2. The van der Waals surface area contributed by atoms with Crippen molar-refractivity contribution in [3.05, 3.63) is 33.8 Å². The van der Waals surface area contributed by atoms with Gasteiger partial charge in [-0.25, -0.2) is 0 Å². The summed E-state index contributed by atoms with van der Waals surface area (Å²) >= 11 is 3.46. The molecule has 0 aromatic heterocycles. The van der Waals surface area contributed by atoms with E-state index in [1.54, 1.807) is 0 Å². The summed E-state index contributed by atoms with van der Waals surface area (Å²) in [6, 6.07) is 6.03. The molecule has 0 radical (unpaired) electrons. The van der Waals surface area contributed by atoms with Crippen LogP contribution in [0, 0.1) is 12.8 Å². The Bertz CT molecular complexity index is 590. The molecule has 2 amide bonds. The lowest BCUT2D eigenvalue weighted by molar-refractivity contribution is -0.140. The van der Waals surface area contributed by atoms with Crippen molar-refractivity contribution in [3.8, 4) is 0 Å². The van der Waals surface area contributed by atoms with Gasteiger partial charge < -0.3 is 9.80 Å². The van der Waals surface area contributed by atoms with Gasteiger partial charge in [-0.3, -0.25) is 9.59 Å². The maximum atomic E-state index is 12.5. The van der Waals surface area contributed by atoms with Gasteiger partial charge in [-0.2, -0.15) is 0 Å². The Morgan fingerprint density at radius 1 is 1.14 bits per heavy atom. The third-order valence-electron chi connectivity index (χ3n) is 4.52. The first-order chi connectivity index (χ1) is 10.5. The summed E-state index contributed by atoms with van der Waals surface area (Å²) < 4.78 is 1.00. The largest absolute Gasteiger partial charge is 0.339 e. The Labute approximate surface area is 139 Å². The second-order valence-corrected chi connectivity index (χ2v) is 7.14. The number of carbonyl (C=O) groups is 2. The molecule has 0 spiro atoms. The van der Waals surface area contributed by atoms with Crippen molar-refractivity contribution in [2.45, 2.75) is 26.2 Å². The number of aryl methyl sites for hydroxylation is 1. The maximum Gasteiger partial charge on any atom is 0.227 e. The number of halogens is 1. The van der Waals surface area contributed by atoms with Crippen molar-refractivity contribution in [1.82, 2.24) is 9.80 Å². The quantitative estimate of drug-likeness (QED) is 0.825. The number of hydrogen-bond acceptors (Lipinski definition) is 2.